The molecule has 0 aliphatic carbocycles. The SMILES string of the molecule is C.C.C.COCOc1ccc(/C(N)=N/OC(=O)CC(=O)O)cc1.Cc1ccc(/C(N)=N/OC(=O)CC(=O)O)cc1. The van der Waals surface area contributed by atoms with Gasteiger partial charge >= 0.3 is 23.9 Å². The molecule has 0 aliphatic heterocycles. The van der Waals surface area contributed by atoms with E-state index in [9.17, 15) is 19.2 Å². The first kappa shape index (κ1) is 39.5. The molecule has 40 heavy (non-hydrogen) atoms. The van der Waals surface area contributed by atoms with E-state index in [0.717, 1.165) is 5.56 Å². The Balaban J connectivity index is -0.000000643. The van der Waals surface area contributed by atoms with Crippen molar-refractivity contribution >= 4 is 35.5 Å². The molecule has 0 bridgehead atoms. The van der Waals surface area contributed by atoms with E-state index >= 15 is 0 Å². The highest BCUT2D eigenvalue weighted by atomic mass is 16.7. The van der Waals surface area contributed by atoms with Gasteiger partial charge in [-0.1, -0.05) is 62.4 Å². The van der Waals surface area contributed by atoms with Crippen molar-refractivity contribution in [3.05, 3.63) is 65.2 Å². The van der Waals surface area contributed by atoms with Crippen molar-refractivity contribution in [1.82, 2.24) is 0 Å². The van der Waals surface area contributed by atoms with Crippen LogP contribution < -0.4 is 16.2 Å². The number of hydrogen-bond donors (Lipinski definition) is 4. The van der Waals surface area contributed by atoms with Crippen LogP contribution in [0.25, 0.3) is 0 Å². The van der Waals surface area contributed by atoms with E-state index in [1.807, 2.05) is 19.1 Å². The molecule has 6 N–H and O–H groups in total. The number of aryl methyl sites for hydroxylation is 1. The molecule has 0 fully saturated rings. The fourth-order valence-electron chi connectivity index (χ4n) is 2.19. The summed E-state index contributed by atoms with van der Waals surface area (Å²) >= 11 is 0. The maximum Gasteiger partial charge on any atom is 0.346 e. The number of carbonyl (C=O) groups is 4. The van der Waals surface area contributed by atoms with Crippen LogP contribution >= 0.6 is 0 Å². The Kier molecular flexibility index (Phi) is 20.8. The second-order valence-corrected chi connectivity index (χ2v) is 6.96. The number of carbonyl (C=O) groups excluding carboxylic acids is 2. The lowest BCUT2D eigenvalue weighted by Gasteiger charge is -2.05. The Bertz CT molecular complexity index is 1130. The van der Waals surface area contributed by atoms with Crippen LogP contribution in [0, 0.1) is 6.92 Å². The first-order valence-electron chi connectivity index (χ1n) is 10.3. The van der Waals surface area contributed by atoms with E-state index < -0.39 is 36.7 Å². The fourth-order valence-corrected chi connectivity index (χ4v) is 2.19. The number of methoxy groups -OCH3 is 1. The number of carboxylic acids is 2. The highest BCUT2D eigenvalue weighted by molar-refractivity contribution is 5.98. The highest BCUT2D eigenvalue weighted by Gasteiger charge is 2.10. The Morgan fingerprint density at radius 2 is 1.10 bits per heavy atom. The number of nitrogens with zero attached hydrogens (tertiary/aromatic N) is 2. The average molecular weight is 567 g/mol. The van der Waals surface area contributed by atoms with Crippen LogP contribution in [-0.2, 0) is 33.6 Å². The molecule has 222 valence electrons. The second kappa shape index (κ2) is 21.0. The highest BCUT2D eigenvalue weighted by Crippen LogP contribution is 2.12. The number of carboxylic acid groups (broad SMARTS) is 2. The topological polar surface area (TPSA) is 222 Å². The third-order valence-electron chi connectivity index (χ3n) is 3.92. The molecule has 2 rings (SSSR count). The standard InChI is InChI=1S/C12H14N2O6.C11H12N2O4.3CH4/c1-18-7-19-9-4-2-8(3-5-9)12(13)14-20-11(17)6-10(15)16;1-7-2-4-8(5-3-7)11(12)13-17-10(16)6-9(14)15;;;/h2-5H,6-7H2,1H3,(H2,13,14)(H,15,16);2-5H,6H2,1H3,(H2,12,13)(H,14,15);3*1H4. The van der Waals surface area contributed by atoms with Crippen molar-refractivity contribution in [2.24, 2.45) is 21.8 Å². The second-order valence-electron chi connectivity index (χ2n) is 6.96. The normalized spacial score (nSPS) is 10.2. The minimum Gasteiger partial charge on any atom is -0.481 e. The zero-order valence-electron chi connectivity index (χ0n) is 19.9. The minimum atomic E-state index is -1.30. The predicted molar refractivity (Wildman–Crippen MR) is 148 cm³/mol. The number of oxime groups is 2. The van der Waals surface area contributed by atoms with Crippen LogP contribution in [0.5, 0.6) is 5.75 Å². The minimum absolute atomic E-state index is 0. The number of benzene rings is 2. The van der Waals surface area contributed by atoms with Crippen molar-refractivity contribution in [3.63, 3.8) is 0 Å². The molecule has 0 heterocycles. The average Bonchev–Trinajstić information content (AvgIpc) is 2.85. The van der Waals surface area contributed by atoms with Crippen molar-refractivity contribution in [1.29, 1.82) is 0 Å². The van der Waals surface area contributed by atoms with E-state index in [2.05, 4.69) is 20.0 Å². The monoisotopic (exact) mass is 566 g/mol. The molecule has 0 atom stereocenters. The van der Waals surface area contributed by atoms with Gasteiger partial charge in [-0.05, 0) is 31.2 Å². The van der Waals surface area contributed by atoms with Gasteiger partial charge in [0.15, 0.2) is 18.5 Å². The summed E-state index contributed by atoms with van der Waals surface area (Å²) < 4.78 is 9.92. The van der Waals surface area contributed by atoms with Crippen LogP contribution in [0.1, 0.15) is 51.8 Å². The smallest absolute Gasteiger partial charge is 0.346 e. The van der Waals surface area contributed by atoms with Crippen LogP contribution in [-0.4, -0.2) is 59.7 Å². The molecular formula is C26H38N4O10. The number of rotatable bonds is 11. The number of amidine groups is 2. The van der Waals surface area contributed by atoms with E-state index in [0.29, 0.717) is 16.9 Å². The first-order valence-corrected chi connectivity index (χ1v) is 10.3. The van der Waals surface area contributed by atoms with Crippen molar-refractivity contribution < 1.29 is 48.5 Å². The summed E-state index contributed by atoms with van der Waals surface area (Å²) in [6, 6.07) is 13.6. The summed E-state index contributed by atoms with van der Waals surface area (Å²) in [5.41, 5.74) is 13.3. The Labute approximate surface area is 233 Å². The van der Waals surface area contributed by atoms with Gasteiger partial charge in [0.1, 0.15) is 18.6 Å². The third-order valence-corrected chi connectivity index (χ3v) is 3.92. The lowest BCUT2D eigenvalue weighted by molar-refractivity contribution is -0.153. The molecular weight excluding hydrogens is 528 g/mol. The first-order chi connectivity index (χ1) is 17.5. The number of nitrogens with two attached hydrogens (primary N) is 2. The molecule has 14 heteroatoms. The van der Waals surface area contributed by atoms with E-state index in [1.54, 1.807) is 36.4 Å². The fraction of sp³-hybridized carbons (Fsp3) is 0.308. The summed E-state index contributed by atoms with van der Waals surface area (Å²) in [6.45, 7) is 2.04. The van der Waals surface area contributed by atoms with Gasteiger partial charge in [0.2, 0.25) is 0 Å². The zero-order valence-corrected chi connectivity index (χ0v) is 19.9. The molecule has 0 radical (unpaired) electrons. The van der Waals surface area contributed by atoms with Crippen LogP contribution in [0.4, 0.5) is 0 Å². The molecule has 14 nitrogen and oxygen atoms in total. The zero-order chi connectivity index (χ0) is 27.8. The summed E-state index contributed by atoms with van der Waals surface area (Å²) in [5.74, 6) is -4.01. The Hall–Kier alpha value is -4.98. The molecule has 2 aromatic carbocycles. The molecule has 0 saturated carbocycles. The molecule has 2 aromatic rings. The summed E-state index contributed by atoms with van der Waals surface area (Å²) in [7, 11) is 1.50. The van der Waals surface area contributed by atoms with E-state index in [1.165, 1.54) is 7.11 Å². The van der Waals surface area contributed by atoms with Crippen LogP contribution in [0.3, 0.4) is 0 Å². The molecule has 0 saturated heterocycles. The Morgan fingerprint density at radius 1 is 0.725 bits per heavy atom. The quantitative estimate of drug-likeness (QED) is 0.0769. The summed E-state index contributed by atoms with van der Waals surface area (Å²) in [6.07, 6.45) is -1.52. The van der Waals surface area contributed by atoms with Crippen molar-refractivity contribution in [2.45, 2.75) is 42.0 Å². The number of ether oxygens (including phenoxy) is 2. The maximum atomic E-state index is 11.0. The van der Waals surface area contributed by atoms with Gasteiger partial charge in [0, 0.05) is 18.2 Å². The molecule has 0 aliphatic rings. The van der Waals surface area contributed by atoms with Gasteiger partial charge in [0.05, 0.1) is 0 Å². The largest absolute Gasteiger partial charge is 0.481 e. The molecule has 0 spiro atoms. The number of aliphatic carboxylic acids is 2. The van der Waals surface area contributed by atoms with Gasteiger partial charge in [0.25, 0.3) is 0 Å². The van der Waals surface area contributed by atoms with E-state index in [-0.39, 0.29) is 40.7 Å². The van der Waals surface area contributed by atoms with Crippen LogP contribution in [0.15, 0.2) is 58.8 Å². The molecule has 0 amide bonds. The third kappa shape index (κ3) is 16.7. The lowest BCUT2D eigenvalue weighted by Crippen LogP contribution is -2.16. The van der Waals surface area contributed by atoms with Crippen LogP contribution in [0.2, 0.25) is 0 Å². The summed E-state index contributed by atoms with van der Waals surface area (Å²) in [4.78, 5) is 51.0. The number of hydrogen-bond acceptors (Lipinski definition) is 10. The lowest BCUT2D eigenvalue weighted by atomic mass is 10.1. The van der Waals surface area contributed by atoms with Crippen molar-refractivity contribution in [3.8, 4) is 5.75 Å². The van der Waals surface area contributed by atoms with Gasteiger partial charge in [-0.2, -0.15) is 0 Å². The maximum absolute atomic E-state index is 11.0. The van der Waals surface area contributed by atoms with Gasteiger partial charge in [-0.15, -0.1) is 0 Å². The Morgan fingerprint density at radius 3 is 1.45 bits per heavy atom. The predicted octanol–water partition coefficient (Wildman–Crippen LogP) is 2.85. The van der Waals surface area contributed by atoms with E-state index in [4.69, 9.17) is 31.2 Å². The van der Waals surface area contributed by atoms with Crippen molar-refractivity contribution in [2.75, 3.05) is 13.9 Å². The van der Waals surface area contributed by atoms with Gasteiger partial charge in [-0.25, -0.2) is 9.59 Å². The molecule has 0 unspecified atom stereocenters. The molecule has 0 aromatic heterocycles. The van der Waals surface area contributed by atoms with Gasteiger partial charge < -0.3 is 40.8 Å². The van der Waals surface area contributed by atoms with Gasteiger partial charge in [-0.3, -0.25) is 9.59 Å². The summed E-state index contributed by atoms with van der Waals surface area (Å²) in [5, 5.41) is 23.4.